The summed E-state index contributed by atoms with van der Waals surface area (Å²) in [4.78, 5) is 10.4. The molecule has 2 rings (SSSR count). The van der Waals surface area contributed by atoms with Gasteiger partial charge in [-0.1, -0.05) is 23.7 Å². The van der Waals surface area contributed by atoms with Crippen molar-refractivity contribution in [2.24, 2.45) is 0 Å². The van der Waals surface area contributed by atoms with Gasteiger partial charge in [0.05, 0.1) is 9.95 Å². The molecule has 0 aliphatic rings. The van der Waals surface area contributed by atoms with Gasteiger partial charge in [-0.3, -0.25) is 10.1 Å². The van der Waals surface area contributed by atoms with Crippen LogP contribution in [0.15, 0.2) is 36.4 Å². The summed E-state index contributed by atoms with van der Waals surface area (Å²) in [6, 6.07) is 8.78. The minimum Gasteiger partial charge on any atom is -0.482 e. The number of nitrogens with zero attached hydrogens (tertiary/aromatic N) is 1. The highest BCUT2D eigenvalue weighted by atomic mass is 35.5. The Morgan fingerprint density at radius 2 is 2.10 bits per heavy atom. The Morgan fingerprint density at radius 3 is 2.75 bits per heavy atom. The highest BCUT2D eigenvalue weighted by Gasteiger charge is 2.16. The van der Waals surface area contributed by atoms with Crippen molar-refractivity contribution in [3.63, 3.8) is 0 Å². The largest absolute Gasteiger partial charge is 0.482 e. The summed E-state index contributed by atoms with van der Waals surface area (Å²) in [5.74, 6) is -0.415. The van der Waals surface area contributed by atoms with Gasteiger partial charge in [0.2, 0.25) is 0 Å². The molecule has 0 atom stereocenters. The highest BCUT2D eigenvalue weighted by Crippen LogP contribution is 2.29. The van der Waals surface area contributed by atoms with Gasteiger partial charge in [-0.15, -0.1) is 0 Å². The molecule has 6 heteroatoms. The van der Waals surface area contributed by atoms with Crippen molar-refractivity contribution in [3.8, 4) is 5.75 Å². The van der Waals surface area contributed by atoms with Gasteiger partial charge in [-0.2, -0.15) is 0 Å². The lowest BCUT2D eigenvalue weighted by Gasteiger charge is -2.09. The van der Waals surface area contributed by atoms with E-state index in [9.17, 15) is 14.5 Å². The predicted molar refractivity (Wildman–Crippen MR) is 73.6 cm³/mol. The molecule has 0 saturated carbocycles. The standard InChI is InChI=1S/C14H11ClFNO3/c1-9-5-6-13(17(18)19)14(7-9)20-8-10-11(15)3-2-4-12(10)16/h2-7H,8H2,1H3. The Labute approximate surface area is 119 Å². The number of benzene rings is 2. The Bertz CT molecular complexity index is 641. The van der Waals surface area contributed by atoms with Crippen LogP contribution in [0.25, 0.3) is 0 Å². The summed E-state index contributed by atoms with van der Waals surface area (Å²) in [5.41, 5.74) is 0.818. The number of hydrogen-bond acceptors (Lipinski definition) is 3. The van der Waals surface area contributed by atoms with E-state index >= 15 is 0 Å². The fourth-order valence-electron chi connectivity index (χ4n) is 1.71. The van der Waals surface area contributed by atoms with E-state index in [2.05, 4.69) is 0 Å². The average molecular weight is 296 g/mol. The molecule has 0 N–H and O–H groups in total. The molecule has 0 unspecified atom stereocenters. The zero-order chi connectivity index (χ0) is 14.7. The lowest BCUT2D eigenvalue weighted by Crippen LogP contribution is -2.02. The molecule has 0 spiro atoms. The van der Waals surface area contributed by atoms with Crippen molar-refractivity contribution in [3.05, 3.63) is 68.5 Å². The molecule has 0 amide bonds. The molecule has 0 aromatic heterocycles. The monoisotopic (exact) mass is 295 g/mol. The van der Waals surface area contributed by atoms with Crippen molar-refractivity contribution in [1.29, 1.82) is 0 Å². The Kier molecular flexibility index (Phi) is 4.20. The van der Waals surface area contributed by atoms with Crippen LogP contribution in [0.4, 0.5) is 10.1 Å². The maximum atomic E-state index is 13.6. The van der Waals surface area contributed by atoms with Gasteiger partial charge < -0.3 is 4.74 Å². The summed E-state index contributed by atoms with van der Waals surface area (Å²) in [6.45, 7) is 1.61. The summed E-state index contributed by atoms with van der Waals surface area (Å²) in [5, 5.41) is 11.1. The smallest absolute Gasteiger partial charge is 0.310 e. The van der Waals surface area contributed by atoms with Gasteiger partial charge in [0.15, 0.2) is 5.75 Å². The molecule has 104 valence electrons. The summed E-state index contributed by atoms with van der Waals surface area (Å²) in [6.07, 6.45) is 0. The van der Waals surface area contributed by atoms with Crippen LogP contribution in [-0.4, -0.2) is 4.92 Å². The molecule has 0 fully saturated rings. The third kappa shape index (κ3) is 3.05. The van der Waals surface area contributed by atoms with Crippen LogP contribution in [0.1, 0.15) is 11.1 Å². The molecule has 0 heterocycles. The summed E-state index contributed by atoms with van der Waals surface area (Å²) >= 11 is 5.88. The van der Waals surface area contributed by atoms with Crippen molar-refractivity contribution >= 4 is 17.3 Å². The third-order valence-electron chi connectivity index (χ3n) is 2.75. The van der Waals surface area contributed by atoms with E-state index in [0.717, 1.165) is 5.56 Å². The quantitative estimate of drug-likeness (QED) is 0.625. The zero-order valence-corrected chi connectivity index (χ0v) is 11.4. The van der Waals surface area contributed by atoms with Crippen LogP contribution < -0.4 is 4.74 Å². The molecule has 2 aromatic rings. The number of hydrogen-bond donors (Lipinski definition) is 0. The average Bonchev–Trinajstić information content (AvgIpc) is 2.37. The van der Waals surface area contributed by atoms with E-state index < -0.39 is 10.7 Å². The normalized spacial score (nSPS) is 10.3. The first-order chi connectivity index (χ1) is 9.49. The molecule has 0 aliphatic carbocycles. The Hall–Kier alpha value is -2.14. The number of nitro benzene ring substituents is 1. The van der Waals surface area contributed by atoms with E-state index in [-0.39, 0.29) is 28.6 Å². The maximum Gasteiger partial charge on any atom is 0.310 e. The van der Waals surface area contributed by atoms with Crippen LogP contribution in [0, 0.1) is 22.9 Å². The summed E-state index contributed by atoms with van der Waals surface area (Å²) < 4.78 is 19.0. The highest BCUT2D eigenvalue weighted by molar-refractivity contribution is 6.31. The van der Waals surface area contributed by atoms with E-state index in [1.807, 2.05) is 0 Å². The van der Waals surface area contributed by atoms with Crippen LogP contribution in [0.5, 0.6) is 5.75 Å². The molecule has 20 heavy (non-hydrogen) atoms. The number of ether oxygens (including phenoxy) is 1. The van der Waals surface area contributed by atoms with Gasteiger partial charge in [-0.25, -0.2) is 4.39 Å². The van der Waals surface area contributed by atoms with Crippen molar-refractivity contribution in [2.45, 2.75) is 13.5 Å². The first kappa shape index (κ1) is 14.3. The first-order valence-corrected chi connectivity index (χ1v) is 6.17. The van der Waals surface area contributed by atoms with Gasteiger partial charge >= 0.3 is 5.69 Å². The van der Waals surface area contributed by atoms with Crippen molar-refractivity contribution in [2.75, 3.05) is 0 Å². The lowest BCUT2D eigenvalue weighted by atomic mass is 10.2. The Morgan fingerprint density at radius 1 is 1.35 bits per heavy atom. The van der Waals surface area contributed by atoms with E-state index in [0.29, 0.717) is 0 Å². The van der Waals surface area contributed by atoms with Gasteiger partial charge in [0.25, 0.3) is 0 Å². The number of aryl methyl sites for hydroxylation is 1. The maximum absolute atomic E-state index is 13.6. The predicted octanol–water partition coefficient (Wildman–Crippen LogP) is 4.27. The van der Waals surface area contributed by atoms with Gasteiger partial charge in [0, 0.05) is 11.6 Å². The number of rotatable bonds is 4. The van der Waals surface area contributed by atoms with Crippen molar-refractivity contribution < 1.29 is 14.1 Å². The van der Waals surface area contributed by atoms with E-state index in [4.69, 9.17) is 16.3 Å². The first-order valence-electron chi connectivity index (χ1n) is 5.80. The molecule has 0 aliphatic heterocycles. The fraction of sp³-hybridized carbons (Fsp3) is 0.143. The SMILES string of the molecule is Cc1ccc([N+](=O)[O-])c(OCc2c(F)cccc2Cl)c1. The third-order valence-corrected chi connectivity index (χ3v) is 3.10. The second-order valence-electron chi connectivity index (χ2n) is 4.22. The molecule has 0 bridgehead atoms. The van der Waals surface area contributed by atoms with Crippen LogP contribution in [0.2, 0.25) is 5.02 Å². The van der Waals surface area contributed by atoms with Crippen molar-refractivity contribution in [1.82, 2.24) is 0 Å². The van der Waals surface area contributed by atoms with Gasteiger partial charge in [0.1, 0.15) is 12.4 Å². The Balaban J connectivity index is 2.27. The molecular weight excluding hydrogens is 285 g/mol. The second-order valence-corrected chi connectivity index (χ2v) is 4.62. The van der Waals surface area contributed by atoms with Crippen LogP contribution in [0.3, 0.4) is 0 Å². The topological polar surface area (TPSA) is 52.4 Å². The molecule has 0 saturated heterocycles. The second kappa shape index (κ2) is 5.88. The van der Waals surface area contributed by atoms with Crippen LogP contribution in [-0.2, 0) is 6.61 Å². The van der Waals surface area contributed by atoms with E-state index in [1.54, 1.807) is 13.0 Å². The molecular formula is C14H11ClFNO3. The summed E-state index contributed by atoms with van der Waals surface area (Å²) in [7, 11) is 0. The molecule has 4 nitrogen and oxygen atoms in total. The molecule has 2 aromatic carbocycles. The van der Waals surface area contributed by atoms with Crippen LogP contribution >= 0.6 is 11.6 Å². The number of halogens is 2. The van der Waals surface area contributed by atoms with E-state index in [1.165, 1.54) is 30.3 Å². The lowest BCUT2D eigenvalue weighted by molar-refractivity contribution is -0.386. The fourth-order valence-corrected chi connectivity index (χ4v) is 1.93. The minimum absolute atomic E-state index is 0.0920. The number of nitro groups is 1. The molecule has 0 radical (unpaired) electrons. The van der Waals surface area contributed by atoms with Gasteiger partial charge in [-0.05, 0) is 30.7 Å². The zero-order valence-electron chi connectivity index (χ0n) is 10.6. The minimum atomic E-state index is -0.544.